The van der Waals surface area contributed by atoms with Crippen molar-refractivity contribution >= 4 is 33.4 Å². The number of ether oxygens (including phenoxy) is 2. The van der Waals surface area contributed by atoms with Crippen molar-refractivity contribution in [1.29, 1.82) is 0 Å². The molecule has 0 spiro atoms. The Morgan fingerprint density at radius 3 is 2.76 bits per heavy atom. The number of benzene rings is 2. The lowest BCUT2D eigenvalue weighted by Gasteiger charge is -2.10. The number of amides is 1. The summed E-state index contributed by atoms with van der Waals surface area (Å²) in [5.41, 5.74) is 3.16. The summed E-state index contributed by atoms with van der Waals surface area (Å²) in [7, 11) is 0. The Balaban J connectivity index is 1.31. The van der Waals surface area contributed by atoms with Gasteiger partial charge in [0.15, 0.2) is 6.61 Å². The molecular weight excluding hydrogens is 388 g/mol. The van der Waals surface area contributed by atoms with Crippen LogP contribution in [0.1, 0.15) is 22.6 Å². The van der Waals surface area contributed by atoms with Gasteiger partial charge >= 0.3 is 5.97 Å². The second-order valence-electron chi connectivity index (χ2n) is 6.70. The molecule has 0 unspecified atom stereocenters. The molecule has 1 N–H and O–H groups in total. The van der Waals surface area contributed by atoms with E-state index in [-0.39, 0.29) is 18.9 Å². The van der Waals surface area contributed by atoms with Crippen LogP contribution in [-0.4, -0.2) is 36.6 Å². The van der Waals surface area contributed by atoms with E-state index in [4.69, 9.17) is 9.47 Å². The van der Waals surface area contributed by atoms with E-state index >= 15 is 0 Å². The van der Waals surface area contributed by atoms with Gasteiger partial charge in [-0.15, -0.1) is 11.3 Å². The summed E-state index contributed by atoms with van der Waals surface area (Å²) >= 11 is 1.57. The van der Waals surface area contributed by atoms with E-state index in [0.29, 0.717) is 19.6 Å². The van der Waals surface area contributed by atoms with Crippen LogP contribution in [-0.2, 0) is 20.7 Å². The predicted molar refractivity (Wildman–Crippen MR) is 113 cm³/mol. The minimum absolute atomic E-state index is 0.197. The van der Waals surface area contributed by atoms with Crippen molar-refractivity contribution in [3.05, 3.63) is 58.6 Å². The minimum Gasteiger partial charge on any atom is -0.491 e. The third kappa shape index (κ3) is 6.29. The molecule has 29 heavy (non-hydrogen) atoms. The molecule has 0 fully saturated rings. The molecule has 1 amide bonds. The Morgan fingerprint density at radius 1 is 1.14 bits per heavy atom. The maximum absolute atomic E-state index is 11.9. The van der Waals surface area contributed by atoms with Crippen molar-refractivity contribution < 1.29 is 19.1 Å². The van der Waals surface area contributed by atoms with Crippen molar-refractivity contribution in [1.82, 2.24) is 10.3 Å². The van der Waals surface area contributed by atoms with Crippen molar-refractivity contribution in [2.45, 2.75) is 26.7 Å². The Hall–Kier alpha value is -2.93. The van der Waals surface area contributed by atoms with E-state index in [1.807, 2.05) is 56.3 Å². The standard InChI is InChI=1S/C22H24N2O4S/c1-15-7-8-18(16(2)13-15)27-12-11-23-20(25)14-28-22(26)10-9-21-24-17-5-3-4-6-19(17)29-21/h3-8,13H,9-12,14H2,1-2H3,(H,23,25). The highest BCUT2D eigenvalue weighted by atomic mass is 32.1. The fourth-order valence-electron chi connectivity index (χ4n) is 2.82. The van der Waals surface area contributed by atoms with E-state index in [9.17, 15) is 9.59 Å². The number of carbonyl (C=O) groups is 2. The molecular formula is C22H24N2O4S. The molecule has 3 aromatic rings. The smallest absolute Gasteiger partial charge is 0.306 e. The number of rotatable bonds is 9. The molecule has 0 aliphatic rings. The minimum atomic E-state index is -0.411. The predicted octanol–water partition coefficient (Wildman–Crippen LogP) is 3.58. The molecule has 2 aromatic carbocycles. The van der Waals surface area contributed by atoms with Crippen LogP contribution >= 0.6 is 11.3 Å². The molecule has 6 nitrogen and oxygen atoms in total. The number of para-hydroxylation sites is 1. The molecule has 0 bridgehead atoms. The van der Waals surface area contributed by atoms with Crippen LogP contribution in [0.2, 0.25) is 0 Å². The number of carbonyl (C=O) groups excluding carboxylic acids is 2. The molecule has 0 aliphatic heterocycles. The number of fused-ring (bicyclic) bond motifs is 1. The highest BCUT2D eigenvalue weighted by molar-refractivity contribution is 7.18. The summed E-state index contributed by atoms with van der Waals surface area (Å²) in [6.45, 7) is 4.41. The highest BCUT2D eigenvalue weighted by Gasteiger charge is 2.10. The van der Waals surface area contributed by atoms with Gasteiger partial charge in [0.25, 0.3) is 5.91 Å². The van der Waals surface area contributed by atoms with Crippen molar-refractivity contribution in [3.63, 3.8) is 0 Å². The van der Waals surface area contributed by atoms with Gasteiger partial charge in [-0.2, -0.15) is 0 Å². The number of hydrogen-bond donors (Lipinski definition) is 1. The highest BCUT2D eigenvalue weighted by Crippen LogP contribution is 2.22. The van der Waals surface area contributed by atoms with Gasteiger partial charge in [-0.05, 0) is 37.6 Å². The average molecular weight is 413 g/mol. The SMILES string of the molecule is Cc1ccc(OCCNC(=O)COC(=O)CCc2nc3ccccc3s2)c(C)c1. The molecule has 1 heterocycles. The van der Waals surface area contributed by atoms with Gasteiger partial charge in [-0.3, -0.25) is 9.59 Å². The number of nitrogens with one attached hydrogen (secondary N) is 1. The third-order valence-corrected chi connectivity index (χ3v) is 5.35. The maximum Gasteiger partial charge on any atom is 0.306 e. The van der Waals surface area contributed by atoms with Crippen molar-refractivity contribution in [2.24, 2.45) is 0 Å². The molecule has 1 aromatic heterocycles. The number of esters is 1. The van der Waals surface area contributed by atoms with Crippen LogP contribution < -0.4 is 10.1 Å². The topological polar surface area (TPSA) is 77.5 Å². The first-order valence-corrected chi connectivity index (χ1v) is 10.3. The van der Waals surface area contributed by atoms with E-state index in [1.165, 1.54) is 5.56 Å². The van der Waals surface area contributed by atoms with Crippen LogP contribution in [0, 0.1) is 13.8 Å². The largest absolute Gasteiger partial charge is 0.491 e. The number of aromatic nitrogens is 1. The Kier molecular flexibility index (Phi) is 7.19. The normalized spacial score (nSPS) is 10.7. The number of thiazole rings is 1. The van der Waals surface area contributed by atoms with Gasteiger partial charge < -0.3 is 14.8 Å². The Labute approximate surface area is 173 Å². The fraction of sp³-hybridized carbons (Fsp3) is 0.318. The fourth-order valence-corrected chi connectivity index (χ4v) is 3.78. The van der Waals surface area contributed by atoms with E-state index in [0.717, 1.165) is 26.5 Å². The molecule has 0 radical (unpaired) electrons. The van der Waals surface area contributed by atoms with Crippen molar-refractivity contribution in [2.75, 3.05) is 19.8 Å². The first-order chi connectivity index (χ1) is 14.0. The van der Waals surface area contributed by atoms with Gasteiger partial charge in [0, 0.05) is 6.42 Å². The third-order valence-electron chi connectivity index (χ3n) is 4.26. The molecule has 0 aliphatic carbocycles. The Bertz CT molecular complexity index is 966. The van der Waals surface area contributed by atoms with Gasteiger partial charge in [0.1, 0.15) is 12.4 Å². The summed E-state index contributed by atoms with van der Waals surface area (Å²) in [6, 6.07) is 13.8. The molecule has 152 valence electrons. The summed E-state index contributed by atoms with van der Waals surface area (Å²) in [5.74, 6) is 0.0413. The number of hydrogen-bond acceptors (Lipinski definition) is 6. The van der Waals surface area contributed by atoms with E-state index in [1.54, 1.807) is 11.3 Å². The average Bonchev–Trinajstić information content (AvgIpc) is 3.12. The Morgan fingerprint density at radius 2 is 1.97 bits per heavy atom. The summed E-state index contributed by atoms with van der Waals surface area (Å²) in [4.78, 5) is 28.2. The zero-order valence-electron chi connectivity index (χ0n) is 16.6. The molecule has 0 saturated heterocycles. The zero-order valence-corrected chi connectivity index (χ0v) is 17.4. The van der Waals surface area contributed by atoms with Gasteiger partial charge in [0.05, 0.1) is 28.2 Å². The van der Waals surface area contributed by atoms with Crippen LogP contribution in [0.3, 0.4) is 0 Å². The molecule has 0 saturated carbocycles. The zero-order chi connectivity index (χ0) is 20.6. The second kappa shape index (κ2) is 10.0. The first-order valence-electron chi connectivity index (χ1n) is 9.48. The monoisotopic (exact) mass is 412 g/mol. The summed E-state index contributed by atoms with van der Waals surface area (Å²) in [6.07, 6.45) is 0.701. The first kappa shape index (κ1) is 20.8. The molecule has 3 rings (SSSR count). The van der Waals surface area contributed by atoms with Gasteiger partial charge in [0.2, 0.25) is 0 Å². The number of aryl methyl sites for hydroxylation is 3. The maximum atomic E-state index is 11.9. The van der Waals surface area contributed by atoms with Crippen LogP contribution in [0.15, 0.2) is 42.5 Å². The second-order valence-corrected chi connectivity index (χ2v) is 7.82. The van der Waals surface area contributed by atoms with Crippen molar-refractivity contribution in [3.8, 4) is 5.75 Å². The van der Waals surface area contributed by atoms with Gasteiger partial charge in [-0.1, -0.05) is 29.8 Å². The lowest BCUT2D eigenvalue weighted by atomic mass is 10.1. The lowest BCUT2D eigenvalue weighted by molar-refractivity contribution is -0.148. The molecule has 7 heteroatoms. The van der Waals surface area contributed by atoms with E-state index < -0.39 is 5.97 Å². The lowest BCUT2D eigenvalue weighted by Crippen LogP contribution is -2.32. The van der Waals surface area contributed by atoms with Crippen LogP contribution in [0.5, 0.6) is 5.75 Å². The summed E-state index contributed by atoms with van der Waals surface area (Å²) < 4.78 is 11.8. The van der Waals surface area contributed by atoms with Gasteiger partial charge in [-0.25, -0.2) is 4.98 Å². The number of nitrogens with zero attached hydrogens (tertiary/aromatic N) is 1. The van der Waals surface area contributed by atoms with Crippen LogP contribution in [0.25, 0.3) is 10.2 Å². The quantitative estimate of drug-likeness (QED) is 0.429. The molecule has 0 atom stereocenters. The van der Waals surface area contributed by atoms with Crippen LogP contribution in [0.4, 0.5) is 0 Å². The van der Waals surface area contributed by atoms with E-state index in [2.05, 4.69) is 10.3 Å². The summed E-state index contributed by atoms with van der Waals surface area (Å²) in [5, 5.41) is 3.56.